The smallest absolute Gasteiger partial charge is 0.345 e. The van der Waals surface area contributed by atoms with Gasteiger partial charge in [-0.2, -0.15) is 0 Å². The molecule has 3 rings (SSSR count). The van der Waals surface area contributed by atoms with Crippen molar-refractivity contribution in [3.05, 3.63) is 45.6 Å². The van der Waals surface area contributed by atoms with Gasteiger partial charge in [-0.15, -0.1) is 11.3 Å². The zero-order valence-corrected chi connectivity index (χ0v) is 11.5. The van der Waals surface area contributed by atoms with Crippen molar-refractivity contribution in [3.8, 4) is 0 Å². The summed E-state index contributed by atoms with van der Waals surface area (Å²) in [4.78, 5) is 13.6. The predicted molar refractivity (Wildman–Crippen MR) is 77.8 cm³/mol. The first-order valence-electron chi connectivity index (χ1n) is 6.34. The highest BCUT2D eigenvalue weighted by Crippen LogP contribution is 2.36. The van der Waals surface area contributed by atoms with Crippen molar-refractivity contribution in [2.75, 3.05) is 11.4 Å². The molecule has 1 aromatic heterocycles. The molecule has 2 heterocycles. The van der Waals surface area contributed by atoms with E-state index in [1.165, 1.54) is 28.2 Å². The summed E-state index contributed by atoms with van der Waals surface area (Å²) in [5.74, 6) is -0.850. The average Bonchev–Trinajstić information content (AvgIpc) is 2.87. The average molecular weight is 273 g/mol. The highest BCUT2D eigenvalue weighted by molar-refractivity contribution is 7.12. The zero-order valence-electron chi connectivity index (χ0n) is 10.7. The van der Waals surface area contributed by atoms with E-state index in [0.29, 0.717) is 4.88 Å². The number of fused-ring (bicyclic) bond motifs is 1. The second-order valence-corrected chi connectivity index (χ2v) is 5.77. The number of carboxylic acid groups (broad SMARTS) is 1. The predicted octanol–water partition coefficient (Wildman–Crippen LogP) is 3.84. The van der Waals surface area contributed by atoms with Gasteiger partial charge in [-0.25, -0.2) is 4.79 Å². The number of hydrogen-bond acceptors (Lipinski definition) is 3. The normalized spacial score (nSPS) is 14.3. The third-order valence-corrected chi connectivity index (χ3v) is 4.37. The fourth-order valence-electron chi connectivity index (χ4n) is 2.57. The van der Waals surface area contributed by atoms with Crippen molar-refractivity contribution in [3.63, 3.8) is 0 Å². The Morgan fingerprint density at radius 3 is 2.95 bits per heavy atom. The molecule has 0 saturated carbocycles. The molecule has 0 unspecified atom stereocenters. The van der Waals surface area contributed by atoms with Crippen LogP contribution in [0.2, 0.25) is 0 Å². The Labute approximate surface area is 116 Å². The van der Waals surface area contributed by atoms with Gasteiger partial charge >= 0.3 is 5.97 Å². The molecule has 98 valence electrons. The molecule has 1 aliphatic heterocycles. The van der Waals surface area contributed by atoms with Crippen molar-refractivity contribution < 1.29 is 9.90 Å². The van der Waals surface area contributed by atoms with E-state index in [4.69, 9.17) is 5.11 Å². The lowest BCUT2D eigenvalue weighted by Crippen LogP contribution is -2.24. The first-order valence-corrected chi connectivity index (χ1v) is 7.22. The summed E-state index contributed by atoms with van der Waals surface area (Å²) in [5, 5.41) is 10.9. The van der Waals surface area contributed by atoms with E-state index in [1.807, 2.05) is 5.38 Å². The molecule has 0 atom stereocenters. The van der Waals surface area contributed by atoms with Crippen molar-refractivity contribution >= 4 is 28.7 Å². The Morgan fingerprint density at radius 1 is 1.37 bits per heavy atom. The summed E-state index contributed by atoms with van der Waals surface area (Å²) < 4.78 is 0. The van der Waals surface area contributed by atoms with Crippen LogP contribution in [0.25, 0.3) is 0 Å². The minimum Gasteiger partial charge on any atom is -0.477 e. The SMILES string of the molecule is Cc1ccc2c(c1)CCCN2c1csc(C(=O)O)c1. The monoisotopic (exact) mass is 273 g/mol. The van der Waals surface area contributed by atoms with Crippen LogP contribution in [0.3, 0.4) is 0 Å². The molecule has 1 aromatic carbocycles. The van der Waals surface area contributed by atoms with E-state index in [1.54, 1.807) is 6.07 Å². The molecule has 0 radical (unpaired) electrons. The number of carbonyl (C=O) groups is 1. The minimum absolute atomic E-state index is 0.397. The molecule has 0 aliphatic carbocycles. The van der Waals surface area contributed by atoms with Crippen LogP contribution in [-0.2, 0) is 6.42 Å². The van der Waals surface area contributed by atoms with E-state index in [0.717, 1.165) is 25.1 Å². The summed E-state index contributed by atoms with van der Waals surface area (Å²) in [6, 6.07) is 8.25. The molecule has 1 aliphatic rings. The molecular weight excluding hydrogens is 258 g/mol. The van der Waals surface area contributed by atoms with E-state index in [2.05, 4.69) is 30.0 Å². The van der Waals surface area contributed by atoms with Gasteiger partial charge in [-0.05, 0) is 37.5 Å². The fourth-order valence-corrected chi connectivity index (χ4v) is 3.31. The summed E-state index contributed by atoms with van der Waals surface area (Å²) in [6.07, 6.45) is 2.21. The number of benzene rings is 1. The molecule has 3 nitrogen and oxygen atoms in total. The largest absolute Gasteiger partial charge is 0.477 e. The van der Waals surface area contributed by atoms with Crippen molar-refractivity contribution in [2.45, 2.75) is 19.8 Å². The van der Waals surface area contributed by atoms with Gasteiger partial charge in [0.05, 0.1) is 5.69 Å². The zero-order chi connectivity index (χ0) is 13.4. The van der Waals surface area contributed by atoms with Crippen LogP contribution in [0.5, 0.6) is 0 Å². The lowest BCUT2D eigenvalue weighted by molar-refractivity contribution is 0.0702. The van der Waals surface area contributed by atoms with Crippen molar-refractivity contribution in [2.24, 2.45) is 0 Å². The van der Waals surface area contributed by atoms with Crippen LogP contribution >= 0.6 is 11.3 Å². The van der Waals surface area contributed by atoms with E-state index < -0.39 is 5.97 Å². The van der Waals surface area contributed by atoms with Gasteiger partial charge in [0.15, 0.2) is 0 Å². The first kappa shape index (κ1) is 12.2. The van der Waals surface area contributed by atoms with E-state index in [9.17, 15) is 4.79 Å². The maximum absolute atomic E-state index is 11.0. The summed E-state index contributed by atoms with van der Waals surface area (Å²) in [5.41, 5.74) is 4.84. The van der Waals surface area contributed by atoms with Crippen molar-refractivity contribution in [1.29, 1.82) is 0 Å². The third kappa shape index (κ3) is 2.24. The molecule has 1 N–H and O–H groups in total. The second-order valence-electron chi connectivity index (χ2n) is 4.86. The Morgan fingerprint density at radius 2 is 2.21 bits per heavy atom. The molecule has 0 fully saturated rings. The Balaban J connectivity index is 2.00. The minimum atomic E-state index is -0.850. The molecule has 19 heavy (non-hydrogen) atoms. The quantitative estimate of drug-likeness (QED) is 0.903. The van der Waals surface area contributed by atoms with Gasteiger partial charge in [-0.1, -0.05) is 17.7 Å². The van der Waals surface area contributed by atoms with Crippen LogP contribution < -0.4 is 4.90 Å². The molecule has 4 heteroatoms. The molecular formula is C15H15NO2S. The van der Waals surface area contributed by atoms with Gasteiger partial charge in [-0.3, -0.25) is 0 Å². The van der Waals surface area contributed by atoms with Crippen LogP contribution in [0, 0.1) is 6.92 Å². The number of nitrogens with zero attached hydrogens (tertiary/aromatic N) is 1. The third-order valence-electron chi connectivity index (χ3n) is 3.46. The lowest BCUT2D eigenvalue weighted by Gasteiger charge is -2.30. The molecule has 2 aromatic rings. The Kier molecular flexibility index (Phi) is 3.03. The number of rotatable bonds is 2. The van der Waals surface area contributed by atoms with E-state index >= 15 is 0 Å². The fraction of sp³-hybridized carbons (Fsp3) is 0.267. The number of thiophene rings is 1. The summed E-state index contributed by atoms with van der Waals surface area (Å²) in [7, 11) is 0. The second kappa shape index (κ2) is 4.70. The highest BCUT2D eigenvalue weighted by Gasteiger charge is 2.20. The Hall–Kier alpha value is -1.81. The number of anilines is 2. The number of carboxylic acids is 1. The van der Waals surface area contributed by atoms with Crippen LogP contribution in [0.4, 0.5) is 11.4 Å². The van der Waals surface area contributed by atoms with Gasteiger partial charge in [0.2, 0.25) is 0 Å². The van der Waals surface area contributed by atoms with Gasteiger partial charge in [0, 0.05) is 17.6 Å². The summed E-state index contributed by atoms with van der Waals surface area (Å²) >= 11 is 1.29. The standard InChI is InChI=1S/C15H15NO2S/c1-10-4-5-13-11(7-10)3-2-6-16(13)12-8-14(15(17)18)19-9-12/h4-5,7-9H,2-3,6H2,1H3,(H,17,18). The topological polar surface area (TPSA) is 40.5 Å². The maximum atomic E-state index is 11.0. The van der Waals surface area contributed by atoms with Crippen molar-refractivity contribution in [1.82, 2.24) is 0 Å². The van der Waals surface area contributed by atoms with Crippen LogP contribution in [-0.4, -0.2) is 17.6 Å². The first-order chi connectivity index (χ1) is 9.15. The van der Waals surface area contributed by atoms with Gasteiger partial charge in [0.25, 0.3) is 0 Å². The number of hydrogen-bond donors (Lipinski definition) is 1. The molecule has 0 bridgehead atoms. The Bertz CT molecular complexity index is 633. The number of aromatic carboxylic acids is 1. The highest BCUT2D eigenvalue weighted by atomic mass is 32.1. The molecule has 0 spiro atoms. The molecule has 0 amide bonds. The van der Waals surface area contributed by atoms with Crippen LogP contribution in [0.1, 0.15) is 27.2 Å². The molecule has 0 saturated heterocycles. The summed E-state index contributed by atoms with van der Waals surface area (Å²) in [6.45, 7) is 3.05. The lowest BCUT2D eigenvalue weighted by atomic mass is 9.99. The van der Waals surface area contributed by atoms with Crippen LogP contribution in [0.15, 0.2) is 29.6 Å². The van der Waals surface area contributed by atoms with Gasteiger partial charge in [0.1, 0.15) is 4.88 Å². The maximum Gasteiger partial charge on any atom is 0.345 e. The number of aryl methyl sites for hydroxylation is 2. The van der Waals surface area contributed by atoms with E-state index in [-0.39, 0.29) is 0 Å². The van der Waals surface area contributed by atoms with Gasteiger partial charge < -0.3 is 10.0 Å².